The first-order valence-corrected chi connectivity index (χ1v) is 6.14. The molecule has 0 heterocycles. The lowest BCUT2D eigenvalue weighted by Gasteiger charge is -2.12. The van der Waals surface area contributed by atoms with Crippen molar-refractivity contribution in [3.05, 3.63) is 60.2 Å². The highest BCUT2D eigenvalue weighted by atomic mass is 14.9. The van der Waals surface area contributed by atoms with Gasteiger partial charge in [-0.3, -0.25) is 0 Å². The lowest BCUT2D eigenvalue weighted by molar-refractivity contribution is 0.589. The number of benzene rings is 2. The smallest absolute Gasteiger partial charge is 0.0214 e. The summed E-state index contributed by atoms with van der Waals surface area (Å²) in [6.07, 6.45) is 0. The van der Waals surface area contributed by atoms with Gasteiger partial charge in [-0.25, -0.2) is 0 Å². The van der Waals surface area contributed by atoms with Crippen LogP contribution in [0.2, 0.25) is 0 Å². The van der Waals surface area contributed by atoms with Gasteiger partial charge in [-0.15, -0.1) is 0 Å². The highest BCUT2D eigenvalue weighted by molar-refractivity contribution is 5.67. The van der Waals surface area contributed by atoms with Gasteiger partial charge in [0.05, 0.1) is 0 Å². The number of rotatable bonds is 4. The molecule has 2 rings (SSSR count). The van der Waals surface area contributed by atoms with Crippen molar-refractivity contribution in [2.45, 2.75) is 26.4 Å². The molecule has 17 heavy (non-hydrogen) atoms. The molecular formula is C16H19N. The fraction of sp³-hybridized carbons (Fsp3) is 0.250. The molecule has 0 saturated heterocycles. The van der Waals surface area contributed by atoms with Crippen LogP contribution in [0, 0.1) is 0 Å². The van der Waals surface area contributed by atoms with E-state index >= 15 is 0 Å². The second-order valence-corrected chi connectivity index (χ2v) is 4.56. The molecule has 0 aliphatic rings. The van der Waals surface area contributed by atoms with Crippen LogP contribution in [0.1, 0.15) is 19.4 Å². The van der Waals surface area contributed by atoms with Gasteiger partial charge in [0.15, 0.2) is 0 Å². The quantitative estimate of drug-likeness (QED) is 0.833. The summed E-state index contributed by atoms with van der Waals surface area (Å²) >= 11 is 0. The third kappa shape index (κ3) is 3.18. The molecular weight excluding hydrogens is 206 g/mol. The van der Waals surface area contributed by atoms with Gasteiger partial charge in [0, 0.05) is 12.6 Å². The molecule has 0 amide bonds. The van der Waals surface area contributed by atoms with E-state index in [2.05, 4.69) is 73.8 Å². The van der Waals surface area contributed by atoms with E-state index in [-0.39, 0.29) is 0 Å². The van der Waals surface area contributed by atoms with Gasteiger partial charge in [-0.1, -0.05) is 68.4 Å². The van der Waals surface area contributed by atoms with Gasteiger partial charge in [0.25, 0.3) is 0 Å². The highest BCUT2D eigenvalue weighted by Crippen LogP contribution is 2.23. The molecule has 0 aliphatic carbocycles. The number of nitrogens with one attached hydrogen (secondary N) is 1. The maximum absolute atomic E-state index is 3.47. The van der Waals surface area contributed by atoms with Crippen LogP contribution < -0.4 is 5.32 Å². The molecule has 1 heteroatoms. The Hall–Kier alpha value is -1.60. The summed E-state index contributed by atoms with van der Waals surface area (Å²) in [5.41, 5.74) is 3.96. The molecule has 0 bridgehead atoms. The summed E-state index contributed by atoms with van der Waals surface area (Å²) in [4.78, 5) is 0. The third-order valence-corrected chi connectivity index (χ3v) is 2.80. The van der Waals surface area contributed by atoms with Crippen molar-refractivity contribution in [1.29, 1.82) is 0 Å². The second kappa shape index (κ2) is 5.65. The average molecular weight is 225 g/mol. The molecule has 2 aromatic carbocycles. The van der Waals surface area contributed by atoms with Gasteiger partial charge in [-0.2, -0.15) is 0 Å². The van der Waals surface area contributed by atoms with E-state index in [0.29, 0.717) is 6.04 Å². The number of hydrogen-bond acceptors (Lipinski definition) is 1. The Morgan fingerprint density at radius 1 is 0.882 bits per heavy atom. The zero-order valence-electron chi connectivity index (χ0n) is 10.5. The van der Waals surface area contributed by atoms with Crippen LogP contribution in [0.25, 0.3) is 11.1 Å². The van der Waals surface area contributed by atoms with Crippen LogP contribution in [-0.4, -0.2) is 6.04 Å². The maximum atomic E-state index is 3.47. The van der Waals surface area contributed by atoms with E-state index in [1.165, 1.54) is 16.7 Å². The number of hydrogen-bond donors (Lipinski definition) is 1. The summed E-state index contributed by atoms with van der Waals surface area (Å²) < 4.78 is 0. The van der Waals surface area contributed by atoms with Gasteiger partial charge in [-0.05, 0) is 16.7 Å². The SMILES string of the molecule is CC(C)NCc1ccccc1-c1ccccc1. The maximum Gasteiger partial charge on any atom is 0.0214 e. The Labute approximate surface area is 103 Å². The van der Waals surface area contributed by atoms with Crippen LogP contribution in [0.4, 0.5) is 0 Å². The Bertz CT molecular complexity index is 460. The molecule has 0 spiro atoms. The Morgan fingerprint density at radius 2 is 1.53 bits per heavy atom. The van der Waals surface area contributed by atoms with Crippen LogP contribution >= 0.6 is 0 Å². The summed E-state index contributed by atoms with van der Waals surface area (Å²) in [6.45, 7) is 5.26. The second-order valence-electron chi connectivity index (χ2n) is 4.56. The zero-order valence-corrected chi connectivity index (χ0v) is 10.5. The molecule has 0 saturated carbocycles. The zero-order chi connectivity index (χ0) is 12.1. The van der Waals surface area contributed by atoms with Crippen molar-refractivity contribution in [2.75, 3.05) is 0 Å². The van der Waals surface area contributed by atoms with Gasteiger partial charge in [0.2, 0.25) is 0 Å². The van der Waals surface area contributed by atoms with Gasteiger partial charge >= 0.3 is 0 Å². The van der Waals surface area contributed by atoms with Crippen LogP contribution in [-0.2, 0) is 6.54 Å². The van der Waals surface area contributed by atoms with Crippen LogP contribution in [0.15, 0.2) is 54.6 Å². The minimum Gasteiger partial charge on any atom is -0.310 e. The van der Waals surface area contributed by atoms with E-state index in [0.717, 1.165) is 6.54 Å². The molecule has 0 aromatic heterocycles. The first-order chi connectivity index (χ1) is 8.27. The molecule has 0 fully saturated rings. The first-order valence-electron chi connectivity index (χ1n) is 6.14. The van der Waals surface area contributed by atoms with E-state index in [9.17, 15) is 0 Å². The summed E-state index contributed by atoms with van der Waals surface area (Å²) in [5.74, 6) is 0. The summed E-state index contributed by atoms with van der Waals surface area (Å²) in [6, 6.07) is 19.6. The fourth-order valence-corrected chi connectivity index (χ4v) is 1.89. The lowest BCUT2D eigenvalue weighted by atomic mass is 9.99. The van der Waals surface area contributed by atoms with Crippen LogP contribution in [0.5, 0.6) is 0 Å². The normalized spacial score (nSPS) is 10.8. The Kier molecular flexibility index (Phi) is 3.94. The van der Waals surface area contributed by atoms with Gasteiger partial charge in [0.1, 0.15) is 0 Å². The summed E-state index contributed by atoms with van der Waals surface area (Å²) in [7, 11) is 0. The van der Waals surface area contributed by atoms with E-state index in [4.69, 9.17) is 0 Å². The predicted octanol–water partition coefficient (Wildman–Crippen LogP) is 3.85. The Balaban J connectivity index is 2.28. The molecule has 1 N–H and O–H groups in total. The first kappa shape index (κ1) is 11.9. The van der Waals surface area contributed by atoms with Crippen LogP contribution in [0.3, 0.4) is 0 Å². The third-order valence-electron chi connectivity index (χ3n) is 2.80. The molecule has 1 nitrogen and oxygen atoms in total. The molecule has 0 aliphatic heterocycles. The predicted molar refractivity (Wildman–Crippen MR) is 73.9 cm³/mol. The van der Waals surface area contributed by atoms with Crippen molar-refractivity contribution >= 4 is 0 Å². The minimum absolute atomic E-state index is 0.513. The van der Waals surface area contributed by atoms with E-state index < -0.39 is 0 Å². The van der Waals surface area contributed by atoms with Crippen molar-refractivity contribution in [3.8, 4) is 11.1 Å². The fourth-order valence-electron chi connectivity index (χ4n) is 1.89. The minimum atomic E-state index is 0.513. The highest BCUT2D eigenvalue weighted by Gasteiger charge is 2.03. The van der Waals surface area contributed by atoms with Crippen molar-refractivity contribution < 1.29 is 0 Å². The molecule has 0 radical (unpaired) electrons. The van der Waals surface area contributed by atoms with Gasteiger partial charge < -0.3 is 5.32 Å². The topological polar surface area (TPSA) is 12.0 Å². The summed E-state index contributed by atoms with van der Waals surface area (Å²) in [5, 5.41) is 3.47. The van der Waals surface area contributed by atoms with Crippen molar-refractivity contribution in [2.24, 2.45) is 0 Å². The molecule has 2 aromatic rings. The average Bonchev–Trinajstić information content (AvgIpc) is 2.38. The molecule has 0 atom stereocenters. The monoisotopic (exact) mass is 225 g/mol. The van der Waals surface area contributed by atoms with Crippen molar-refractivity contribution in [1.82, 2.24) is 5.32 Å². The van der Waals surface area contributed by atoms with E-state index in [1.54, 1.807) is 0 Å². The molecule has 88 valence electrons. The lowest BCUT2D eigenvalue weighted by Crippen LogP contribution is -2.22. The van der Waals surface area contributed by atoms with Crippen molar-refractivity contribution in [3.63, 3.8) is 0 Å². The largest absolute Gasteiger partial charge is 0.310 e. The standard InChI is InChI=1S/C16H19N/c1-13(2)17-12-15-10-6-7-11-16(15)14-8-4-3-5-9-14/h3-11,13,17H,12H2,1-2H3. The Morgan fingerprint density at radius 3 is 2.24 bits per heavy atom. The molecule has 0 unspecified atom stereocenters. The van der Waals surface area contributed by atoms with E-state index in [1.807, 2.05) is 0 Å².